The molecule has 0 fully saturated rings. The van der Waals surface area contributed by atoms with Crippen molar-refractivity contribution in [3.05, 3.63) is 90.5 Å². The van der Waals surface area contributed by atoms with Gasteiger partial charge >= 0.3 is 0 Å². The number of aromatic hydroxyl groups is 1. The van der Waals surface area contributed by atoms with E-state index in [9.17, 15) is 13.5 Å². The number of phenolic OH excluding ortho intramolecular Hbond substituents is 1. The minimum absolute atomic E-state index is 0.0440. The van der Waals surface area contributed by atoms with Crippen LogP contribution >= 0.6 is 0 Å². The van der Waals surface area contributed by atoms with E-state index < -0.39 is 10.0 Å². The summed E-state index contributed by atoms with van der Waals surface area (Å²) in [4.78, 5) is 8.88. The number of nitrogens with one attached hydrogen (secondary N) is 1. The Kier molecular flexibility index (Phi) is 5.20. The first-order chi connectivity index (χ1) is 14.4. The fourth-order valence-corrected chi connectivity index (χ4v) is 3.92. The van der Waals surface area contributed by atoms with Crippen LogP contribution in [0.5, 0.6) is 5.75 Å². The molecule has 7 heteroatoms. The van der Waals surface area contributed by atoms with Gasteiger partial charge in [-0.15, -0.1) is 0 Å². The van der Waals surface area contributed by atoms with E-state index in [1.165, 1.54) is 12.1 Å². The topological polar surface area (TPSA) is 92.2 Å². The van der Waals surface area contributed by atoms with Gasteiger partial charge in [0.25, 0.3) is 10.0 Å². The Morgan fingerprint density at radius 2 is 1.43 bits per heavy atom. The zero-order valence-electron chi connectivity index (χ0n) is 16.1. The molecule has 4 aromatic rings. The van der Waals surface area contributed by atoms with Crippen LogP contribution in [0.15, 0.2) is 89.8 Å². The molecule has 3 aromatic carbocycles. The van der Waals surface area contributed by atoms with Gasteiger partial charge in [-0.2, -0.15) is 0 Å². The molecule has 4 rings (SSSR count). The van der Waals surface area contributed by atoms with E-state index in [1.807, 2.05) is 37.3 Å². The van der Waals surface area contributed by atoms with Crippen LogP contribution in [0.2, 0.25) is 0 Å². The van der Waals surface area contributed by atoms with Crippen molar-refractivity contribution < 1.29 is 13.5 Å². The Morgan fingerprint density at radius 3 is 2.13 bits per heavy atom. The van der Waals surface area contributed by atoms with Crippen LogP contribution in [0.25, 0.3) is 22.5 Å². The molecule has 0 amide bonds. The molecule has 0 aliphatic heterocycles. The summed E-state index contributed by atoms with van der Waals surface area (Å²) in [6, 6.07) is 24.3. The van der Waals surface area contributed by atoms with Gasteiger partial charge in [0, 0.05) is 11.1 Å². The summed E-state index contributed by atoms with van der Waals surface area (Å²) >= 11 is 0. The maximum Gasteiger partial charge on any atom is 0.264 e. The molecule has 0 aliphatic carbocycles. The molecule has 6 nitrogen and oxygen atoms in total. The summed E-state index contributed by atoms with van der Waals surface area (Å²) in [7, 11) is -3.88. The van der Waals surface area contributed by atoms with E-state index >= 15 is 0 Å². The molecule has 0 saturated carbocycles. The lowest BCUT2D eigenvalue weighted by atomic mass is 10.1. The highest BCUT2D eigenvalue weighted by molar-refractivity contribution is 7.92. The number of aryl methyl sites for hydroxylation is 1. The zero-order chi connectivity index (χ0) is 21.1. The van der Waals surface area contributed by atoms with Gasteiger partial charge in [-0.1, -0.05) is 60.2 Å². The standard InChI is InChI=1S/C23H19N3O3S/c1-16-11-13-18(14-12-16)30(28,29)26-23-24-20(17-7-3-2-4-8-17)15-21(25-23)19-9-5-6-10-22(19)27/h2-15,27H,1H3,(H,24,25,26). The third-order valence-corrected chi connectivity index (χ3v) is 5.88. The Morgan fingerprint density at radius 1 is 0.800 bits per heavy atom. The maximum absolute atomic E-state index is 12.8. The van der Waals surface area contributed by atoms with Gasteiger partial charge in [0.15, 0.2) is 0 Å². The number of hydrogen-bond donors (Lipinski definition) is 2. The number of hydrogen-bond acceptors (Lipinski definition) is 5. The average Bonchev–Trinajstić information content (AvgIpc) is 2.74. The minimum atomic E-state index is -3.88. The van der Waals surface area contributed by atoms with Crippen LogP contribution in [-0.4, -0.2) is 23.5 Å². The van der Waals surface area contributed by atoms with Gasteiger partial charge in [-0.25, -0.2) is 23.1 Å². The predicted octanol–water partition coefficient (Wildman–Crippen LogP) is 4.63. The van der Waals surface area contributed by atoms with E-state index in [0.29, 0.717) is 17.0 Å². The number of aromatic nitrogens is 2. The van der Waals surface area contributed by atoms with Crippen molar-refractivity contribution in [2.45, 2.75) is 11.8 Å². The lowest BCUT2D eigenvalue weighted by molar-refractivity contribution is 0.477. The first-order valence-electron chi connectivity index (χ1n) is 9.25. The normalized spacial score (nSPS) is 11.2. The molecular weight excluding hydrogens is 398 g/mol. The van der Waals surface area contributed by atoms with Gasteiger partial charge in [-0.05, 0) is 37.3 Å². The van der Waals surface area contributed by atoms with Crippen molar-refractivity contribution in [3.63, 3.8) is 0 Å². The van der Waals surface area contributed by atoms with E-state index in [4.69, 9.17) is 0 Å². The molecule has 0 spiro atoms. The zero-order valence-corrected chi connectivity index (χ0v) is 17.0. The lowest BCUT2D eigenvalue weighted by Crippen LogP contribution is -2.15. The number of rotatable bonds is 5. The number of nitrogens with zero attached hydrogens (tertiary/aromatic N) is 2. The highest BCUT2D eigenvalue weighted by Gasteiger charge is 2.18. The van der Waals surface area contributed by atoms with Crippen molar-refractivity contribution >= 4 is 16.0 Å². The summed E-state index contributed by atoms with van der Waals surface area (Å²) < 4.78 is 28.1. The fraction of sp³-hybridized carbons (Fsp3) is 0.0435. The number of phenols is 1. The molecule has 0 radical (unpaired) electrons. The summed E-state index contributed by atoms with van der Waals surface area (Å²) in [5.41, 5.74) is 3.17. The Bertz CT molecular complexity index is 1290. The fourth-order valence-electron chi connectivity index (χ4n) is 2.97. The van der Waals surface area contributed by atoms with Crippen molar-refractivity contribution in [2.24, 2.45) is 0 Å². The number of anilines is 1. The first kappa shape index (κ1) is 19.6. The number of para-hydroxylation sites is 1. The minimum Gasteiger partial charge on any atom is -0.507 e. The van der Waals surface area contributed by atoms with Crippen LogP contribution in [-0.2, 0) is 10.0 Å². The molecule has 2 N–H and O–H groups in total. The van der Waals surface area contributed by atoms with Gasteiger partial charge in [-0.3, -0.25) is 0 Å². The molecule has 150 valence electrons. The highest BCUT2D eigenvalue weighted by atomic mass is 32.2. The summed E-state index contributed by atoms with van der Waals surface area (Å²) in [5, 5.41) is 10.3. The Hall–Kier alpha value is -3.71. The van der Waals surface area contributed by atoms with E-state index in [1.54, 1.807) is 42.5 Å². The van der Waals surface area contributed by atoms with Crippen LogP contribution in [0, 0.1) is 6.92 Å². The van der Waals surface area contributed by atoms with Gasteiger partial charge < -0.3 is 5.11 Å². The molecular formula is C23H19N3O3S. The first-order valence-corrected chi connectivity index (χ1v) is 10.7. The summed E-state index contributed by atoms with van der Waals surface area (Å²) in [6.45, 7) is 1.88. The second-order valence-corrected chi connectivity index (χ2v) is 8.45. The second-order valence-electron chi connectivity index (χ2n) is 6.76. The Labute approximate surface area is 175 Å². The molecule has 1 heterocycles. The molecule has 0 bridgehead atoms. The summed E-state index contributed by atoms with van der Waals surface area (Å²) in [6.07, 6.45) is 0. The maximum atomic E-state index is 12.8. The molecule has 1 aromatic heterocycles. The van der Waals surface area contributed by atoms with Crippen molar-refractivity contribution in [3.8, 4) is 28.3 Å². The Balaban J connectivity index is 1.82. The largest absolute Gasteiger partial charge is 0.507 e. The summed E-state index contributed by atoms with van der Waals surface area (Å²) in [5.74, 6) is -0.0299. The SMILES string of the molecule is Cc1ccc(S(=O)(=O)Nc2nc(-c3ccccc3)cc(-c3ccccc3O)n2)cc1. The molecule has 30 heavy (non-hydrogen) atoms. The van der Waals surface area contributed by atoms with Gasteiger partial charge in [0.2, 0.25) is 5.95 Å². The average molecular weight is 417 g/mol. The molecule has 0 unspecified atom stereocenters. The number of sulfonamides is 1. The van der Waals surface area contributed by atoms with Crippen LogP contribution in [0.1, 0.15) is 5.56 Å². The third kappa shape index (κ3) is 4.16. The molecule has 0 aliphatic rings. The highest BCUT2D eigenvalue weighted by Crippen LogP contribution is 2.31. The van der Waals surface area contributed by atoms with E-state index in [-0.39, 0.29) is 16.6 Å². The lowest BCUT2D eigenvalue weighted by Gasteiger charge is -2.12. The quantitative estimate of drug-likeness (QED) is 0.494. The predicted molar refractivity (Wildman–Crippen MR) is 117 cm³/mol. The van der Waals surface area contributed by atoms with Crippen molar-refractivity contribution in [1.82, 2.24) is 9.97 Å². The van der Waals surface area contributed by atoms with Crippen LogP contribution in [0.4, 0.5) is 5.95 Å². The van der Waals surface area contributed by atoms with Crippen molar-refractivity contribution in [2.75, 3.05) is 4.72 Å². The van der Waals surface area contributed by atoms with E-state index in [0.717, 1.165) is 11.1 Å². The van der Waals surface area contributed by atoms with Gasteiger partial charge in [0.05, 0.1) is 16.3 Å². The van der Waals surface area contributed by atoms with Gasteiger partial charge in [0.1, 0.15) is 5.75 Å². The van der Waals surface area contributed by atoms with Crippen LogP contribution < -0.4 is 4.72 Å². The van der Waals surface area contributed by atoms with Crippen LogP contribution in [0.3, 0.4) is 0 Å². The van der Waals surface area contributed by atoms with E-state index in [2.05, 4.69) is 14.7 Å². The van der Waals surface area contributed by atoms with Crippen molar-refractivity contribution in [1.29, 1.82) is 0 Å². The number of benzene rings is 3. The second kappa shape index (κ2) is 7.96. The monoisotopic (exact) mass is 417 g/mol. The smallest absolute Gasteiger partial charge is 0.264 e. The third-order valence-electron chi connectivity index (χ3n) is 4.53. The molecule has 0 saturated heterocycles. The molecule has 0 atom stereocenters.